The number of carbonyl (C=O) groups excluding carboxylic acids is 1. The molecule has 0 saturated carbocycles. The Kier molecular flexibility index (Phi) is 5.54. The summed E-state index contributed by atoms with van der Waals surface area (Å²) in [6.45, 7) is 3.90. The van der Waals surface area contributed by atoms with Crippen molar-refractivity contribution < 1.29 is 14.3 Å². The summed E-state index contributed by atoms with van der Waals surface area (Å²) < 4.78 is 17.4. The number of para-hydroxylation sites is 1. The van der Waals surface area contributed by atoms with E-state index in [0.717, 1.165) is 0 Å². The number of fused-ring (bicyclic) bond motifs is 2. The van der Waals surface area contributed by atoms with Gasteiger partial charge in [0.25, 0.3) is 5.91 Å². The van der Waals surface area contributed by atoms with Gasteiger partial charge in [0.1, 0.15) is 29.2 Å². The van der Waals surface area contributed by atoms with Gasteiger partial charge in [-0.2, -0.15) is 10.4 Å². The Hall–Kier alpha value is -5.24. The first-order valence-corrected chi connectivity index (χ1v) is 10.8. The number of phenols is 1. The van der Waals surface area contributed by atoms with E-state index >= 15 is 0 Å². The molecule has 3 heterocycles. The number of nitrogens with two attached hydrogens (primary N) is 1. The van der Waals surface area contributed by atoms with E-state index in [1.54, 1.807) is 51.8 Å². The SMILES string of the molecule is C=C(C#N)C(=O)N(CCn1nc(-n2ccc3cc(O)c(F)cc32)c2c(N)ncnc21)c1ccccc1. The zero-order valence-corrected chi connectivity index (χ0v) is 18.8. The molecule has 0 aliphatic carbocycles. The molecule has 0 aliphatic heterocycles. The first kappa shape index (κ1) is 22.5. The second-order valence-electron chi connectivity index (χ2n) is 7.94. The second-order valence-corrected chi connectivity index (χ2v) is 7.94. The number of nitriles is 1. The van der Waals surface area contributed by atoms with E-state index in [4.69, 9.17) is 5.73 Å². The van der Waals surface area contributed by atoms with Gasteiger partial charge in [-0.05, 0) is 24.3 Å². The van der Waals surface area contributed by atoms with E-state index in [-0.39, 0.29) is 24.5 Å². The Balaban J connectivity index is 1.59. The fourth-order valence-electron chi connectivity index (χ4n) is 4.03. The summed E-state index contributed by atoms with van der Waals surface area (Å²) in [5, 5.41) is 24.7. The molecule has 5 rings (SSSR count). The van der Waals surface area contributed by atoms with Gasteiger partial charge in [0.05, 0.1) is 12.1 Å². The Morgan fingerprint density at radius 2 is 2.00 bits per heavy atom. The normalized spacial score (nSPS) is 11.0. The average Bonchev–Trinajstić information content (AvgIpc) is 3.46. The van der Waals surface area contributed by atoms with Gasteiger partial charge in [0.15, 0.2) is 23.0 Å². The highest BCUT2D eigenvalue weighted by Gasteiger charge is 2.22. The lowest BCUT2D eigenvalue weighted by molar-refractivity contribution is -0.114. The van der Waals surface area contributed by atoms with Crippen molar-refractivity contribution in [1.29, 1.82) is 5.26 Å². The van der Waals surface area contributed by atoms with Crippen molar-refractivity contribution in [3.63, 3.8) is 0 Å². The zero-order valence-electron chi connectivity index (χ0n) is 18.8. The first-order valence-electron chi connectivity index (χ1n) is 10.8. The fraction of sp³-hybridized carbons (Fsp3) is 0.0800. The van der Waals surface area contributed by atoms with E-state index in [9.17, 15) is 19.6 Å². The summed E-state index contributed by atoms with van der Waals surface area (Å²) in [5.74, 6) is -1.21. The lowest BCUT2D eigenvalue weighted by Gasteiger charge is -2.22. The minimum absolute atomic E-state index is 0.151. The van der Waals surface area contributed by atoms with Crippen LogP contribution < -0.4 is 10.6 Å². The molecule has 1 amide bonds. The number of amides is 1. The molecule has 0 unspecified atom stereocenters. The first-order chi connectivity index (χ1) is 17.4. The molecule has 0 aliphatic rings. The van der Waals surface area contributed by atoms with Crippen LogP contribution in [0.3, 0.4) is 0 Å². The largest absolute Gasteiger partial charge is 0.505 e. The van der Waals surface area contributed by atoms with Gasteiger partial charge in [0.2, 0.25) is 0 Å². The second kappa shape index (κ2) is 8.84. The summed E-state index contributed by atoms with van der Waals surface area (Å²) in [6, 6.07) is 14.9. The van der Waals surface area contributed by atoms with Crippen molar-refractivity contribution in [3.8, 4) is 17.6 Å². The summed E-state index contributed by atoms with van der Waals surface area (Å²) in [4.78, 5) is 22.7. The molecular formula is C25H19FN8O2. The van der Waals surface area contributed by atoms with Gasteiger partial charge in [-0.15, -0.1) is 0 Å². The van der Waals surface area contributed by atoms with Gasteiger partial charge in [-0.3, -0.25) is 9.36 Å². The monoisotopic (exact) mass is 482 g/mol. The molecule has 3 aromatic heterocycles. The molecule has 5 aromatic rings. The number of carbonyl (C=O) groups is 1. The van der Waals surface area contributed by atoms with Gasteiger partial charge in [-0.25, -0.2) is 19.0 Å². The molecular weight excluding hydrogens is 463 g/mol. The van der Waals surface area contributed by atoms with Gasteiger partial charge < -0.3 is 15.7 Å². The van der Waals surface area contributed by atoms with Crippen LogP contribution in [0.5, 0.6) is 5.75 Å². The Morgan fingerprint density at radius 3 is 2.75 bits per heavy atom. The Labute approximate surface area is 203 Å². The number of nitrogen functional groups attached to an aromatic ring is 1. The predicted molar refractivity (Wildman–Crippen MR) is 132 cm³/mol. The highest BCUT2D eigenvalue weighted by Crippen LogP contribution is 2.31. The maximum Gasteiger partial charge on any atom is 0.268 e. The summed E-state index contributed by atoms with van der Waals surface area (Å²) >= 11 is 0. The third-order valence-corrected chi connectivity index (χ3v) is 5.77. The number of halogens is 1. The van der Waals surface area contributed by atoms with Crippen molar-refractivity contribution in [2.45, 2.75) is 6.54 Å². The lowest BCUT2D eigenvalue weighted by atomic mass is 10.2. The van der Waals surface area contributed by atoms with Crippen molar-refractivity contribution in [2.75, 3.05) is 17.2 Å². The maximum atomic E-state index is 14.2. The highest BCUT2D eigenvalue weighted by molar-refractivity contribution is 6.07. The number of rotatable bonds is 6. The van der Waals surface area contributed by atoms with E-state index in [1.165, 1.54) is 23.4 Å². The number of hydrogen-bond donors (Lipinski definition) is 2. The number of phenolic OH excluding ortho intramolecular Hbond substituents is 1. The molecule has 0 radical (unpaired) electrons. The highest BCUT2D eigenvalue weighted by atomic mass is 19.1. The van der Waals surface area contributed by atoms with Crippen molar-refractivity contribution in [3.05, 3.63) is 79.0 Å². The van der Waals surface area contributed by atoms with E-state index in [0.29, 0.717) is 33.4 Å². The minimum Gasteiger partial charge on any atom is -0.505 e. The fourth-order valence-corrected chi connectivity index (χ4v) is 4.03. The summed E-state index contributed by atoms with van der Waals surface area (Å²) in [5.41, 5.74) is 7.46. The standard InChI is InChI=1S/C25H19FN8O2/c1-15(13-27)25(36)32(17-5-3-2-4-6-17)9-10-34-23-21(22(28)29-14-30-23)24(31-34)33-8-7-16-11-20(35)18(26)12-19(16)33/h2-8,11-12,14,35H,1,9-10H2,(H2,28,29,30). The molecule has 0 bridgehead atoms. The molecule has 11 heteroatoms. The van der Waals surface area contributed by atoms with E-state index in [1.807, 2.05) is 6.07 Å². The van der Waals surface area contributed by atoms with Crippen molar-refractivity contribution in [1.82, 2.24) is 24.3 Å². The van der Waals surface area contributed by atoms with Crippen LogP contribution in [-0.2, 0) is 11.3 Å². The number of aromatic nitrogens is 5. The lowest BCUT2D eigenvalue weighted by Crippen LogP contribution is -2.34. The van der Waals surface area contributed by atoms with Gasteiger partial charge in [-0.1, -0.05) is 24.8 Å². The van der Waals surface area contributed by atoms with Gasteiger partial charge in [0, 0.05) is 29.9 Å². The van der Waals surface area contributed by atoms with E-state index in [2.05, 4.69) is 21.6 Å². The van der Waals surface area contributed by atoms with Gasteiger partial charge >= 0.3 is 0 Å². The van der Waals surface area contributed by atoms with E-state index < -0.39 is 17.5 Å². The van der Waals surface area contributed by atoms with Crippen LogP contribution in [0.2, 0.25) is 0 Å². The van der Waals surface area contributed by atoms with Crippen LogP contribution in [-0.4, -0.2) is 41.9 Å². The number of nitrogens with zero attached hydrogens (tertiary/aromatic N) is 7. The van der Waals surface area contributed by atoms with Crippen LogP contribution in [0.15, 0.2) is 73.2 Å². The number of benzene rings is 2. The zero-order chi connectivity index (χ0) is 25.4. The van der Waals surface area contributed by atoms with Crippen LogP contribution in [0.4, 0.5) is 15.9 Å². The number of hydrogen-bond acceptors (Lipinski definition) is 7. The molecule has 3 N–H and O–H groups in total. The number of aromatic hydroxyl groups is 1. The van der Waals surface area contributed by atoms with Crippen molar-refractivity contribution in [2.24, 2.45) is 0 Å². The molecule has 0 saturated heterocycles. The third-order valence-electron chi connectivity index (χ3n) is 5.77. The van der Waals surface area contributed by atoms with Crippen LogP contribution in [0, 0.1) is 17.1 Å². The van der Waals surface area contributed by atoms with Crippen molar-refractivity contribution >= 4 is 39.3 Å². The Morgan fingerprint density at radius 1 is 1.22 bits per heavy atom. The molecule has 10 nitrogen and oxygen atoms in total. The minimum atomic E-state index is -0.773. The van der Waals surface area contributed by atoms with Crippen LogP contribution >= 0.6 is 0 Å². The molecule has 0 fully saturated rings. The van der Waals surface area contributed by atoms with Crippen LogP contribution in [0.1, 0.15) is 0 Å². The average molecular weight is 482 g/mol. The molecule has 0 atom stereocenters. The smallest absolute Gasteiger partial charge is 0.268 e. The molecule has 0 spiro atoms. The molecule has 2 aromatic carbocycles. The topological polar surface area (TPSA) is 139 Å². The molecule has 178 valence electrons. The molecule has 36 heavy (non-hydrogen) atoms. The Bertz CT molecular complexity index is 1680. The number of anilines is 2. The summed E-state index contributed by atoms with van der Waals surface area (Å²) in [7, 11) is 0. The predicted octanol–water partition coefficient (Wildman–Crippen LogP) is 3.31. The third kappa shape index (κ3) is 3.76. The quantitative estimate of drug-likeness (QED) is 0.280. The maximum absolute atomic E-state index is 14.2. The summed E-state index contributed by atoms with van der Waals surface area (Å²) in [6.07, 6.45) is 2.99. The van der Waals surface area contributed by atoms with Crippen LogP contribution in [0.25, 0.3) is 27.8 Å².